The molecule has 1 heterocycles. The van der Waals surface area contributed by atoms with Crippen molar-refractivity contribution < 1.29 is 14.3 Å². The van der Waals surface area contributed by atoms with Gasteiger partial charge >= 0.3 is 0 Å². The quantitative estimate of drug-likeness (QED) is 0.771. The summed E-state index contributed by atoms with van der Waals surface area (Å²) in [6, 6.07) is 3.61. The minimum atomic E-state index is -0.147. The number of methoxy groups -OCH3 is 2. The summed E-state index contributed by atoms with van der Waals surface area (Å²) >= 11 is 0. The Morgan fingerprint density at radius 3 is 2.66 bits per heavy atom. The molecule has 1 fully saturated rings. The topological polar surface area (TPSA) is 82.5 Å². The van der Waals surface area contributed by atoms with Crippen molar-refractivity contribution in [1.29, 1.82) is 0 Å². The van der Waals surface area contributed by atoms with Crippen LogP contribution in [0.1, 0.15) is 46.0 Å². The van der Waals surface area contributed by atoms with Crippen LogP contribution in [-0.4, -0.2) is 35.7 Å². The van der Waals surface area contributed by atoms with Crippen molar-refractivity contribution in [3.8, 4) is 11.5 Å². The van der Waals surface area contributed by atoms with Crippen LogP contribution in [0.25, 0.3) is 10.9 Å². The van der Waals surface area contributed by atoms with Gasteiger partial charge in [0.25, 0.3) is 5.56 Å². The number of nitrogens with one attached hydrogen (secondary N) is 1. The number of benzene rings is 1. The third-order valence-corrected chi connectivity index (χ3v) is 6.19. The summed E-state index contributed by atoms with van der Waals surface area (Å²) in [6.07, 6.45) is 5.97. The van der Waals surface area contributed by atoms with Gasteiger partial charge in [-0.1, -0.05) is 26.7 Å². The second-order valence-corrected chi connectivity index (χ2v) is 8.01. The van der Waals surface area contributed by atoms with E-state index in [4.69, 9.17) is 9.47 Å². The van der Waals surface area contributed by atoms with Crippen LogP contribution in [0.5, 0.6) is 11.5 Å². The molecule has 0 aliphatic heterocycles. The molecule has 0 spiro atoms. The van der Waals surface area contributed by atoms with Crippen LogP contribution in [0.4, 0.5) is 0 Å². The van der Waals surface area contributed by atoms with Crippen molar-refractivity contribution in [3.63, 3.8) is 0 Å². The molecule has 158 valence electrons. The molecule has 7 nitrogen and oxygen atoms in total. The third kappa shape index (κ3) is 4.71. The second-order valence-electron chi connectivity index (χ2n) is 8.01. The largest absolute Gasteiger partial charge is 0.493 e. The first-order valence-corrected chi connectivity index (χ1v) is 10.3. The minimum absolute atomic E-state index is 0.0594. The van der Waals surface area contributed by atoms with Gasteiger partial charge in [0.15, 0.2) is 11.5 Å². The van der Waals surface area contributed by atoms with E-state index in [9.17, 15) is 9.59 Å². The lowest BCUT2D eigenvalue weighted by Gasteiger charge is -2.34. The number of aryl methyl sites for hydroxylation is 1. The molecule has 1 saturated carbocycles. The molecular weight excluding hydrogens is 370 g/mol. The van der Waals surface area contributed by atoms with E-state index in [2.05, 4.69) is 24.1 Å². The standard InChI is InChI=1S/C22H31N3O4/c1-14-7-5-8-17(15(14)2)24-21(26)9-6-10-25-13-23-18-12-20(29-4)19(28-3)11-16(18)22(25)27/h11-15,17H,5-10H2,1-4H3,(H,24,26). The molecule has 1 aliphatic rings. The Kier molecular flexibility index (Phi) is 6.77. The highest BCUT2D eigenvalue weighted by atomic mass is 16.5. The Morgan fingerprint density at radius 1 is 1.21 bits per heavy atom. The SMILES string of the molecule is COc1cc2ncn(CCCC(=O)NC3CCCC(C)C3C)c(=O)c2cc1OC. The first-order valence-electron chi connectivity index (χ1n) is 10.3. The lowest BCUT2D eigenvalue weighted by molar-refractivity contribution is -0.122. The number of carbonyl (C=O) groups excluding carboxylic acids is 1. The lowest BCUT2D eigenvalue weighted by Crippen LogP contribution is -2.43. The maximum absolute atomic E-state index is 12.8. The Hall–Kier alpha value is -2.57. The molecule has 3 rings (SSSR count). The van der Waals surface area contributed by atoms with Crippen molar-refractivity contribution in [1.82, 2.24) is 14.9 Å². The summed E-state index contributed by atoms with van der Waals surface area (Å²) in [6.45, 7) is 4.92. The summed E-state index contributed by atoms with van der Waals surface area (Å²) in [5, 5.41) is 3.66. The van der Waals surface area contributed by atoms with Crippen LogP contribution >= 0.6 is 0 Å². The first-order chi connectivity index (χ1) is 13.9. The van der Waals surface area contributed by atoms with Crippen molar-refractivity contribution in [2.24, 2.45) is 11.8 Å². The van der Waals surface area contributed by atoms with Crippen molar-refractivity contribution in [2.45, 2.75) is 58.5 Å². The predicted octanol–water partition coefficient (Wildman–Crippen LogP) is 3.13. The number of aromatic nitrogens is 2. The molecule has 1 N–H and O–H groups in total. The fraction of sp³-hybridized carbons (Fsp3) is 0.591. The predicted molar refractivity (Wildman–Crippen MR) is 112 cm³/mol. The summed E-state index contributed by atoms with van der Waals surface area (Å²) in [4.78, 5) is 29.5. The van der Waals surface area contributed by atoms with Gasteiger partial charge in [0, 0.05) is 25.1 Å². The van der Waals surface area contributed by atoms with E-state index in [1.54, 1.807) is 23.8 Å². The van der Waals surface area contributed by atoms with E-state index in [1.165, 1.54) is 26.3 Å². The number of amides is 1. The molecule has 1 aromatic heterocycles. The molecule has 0 radical (unpaired) electrons. The molecule has 1 aliphatic carbocycles. The summed E-state index contributed by atoms with van der Waals surface area (Å²) in [5.41, 5.74) is 0.410. The molecule has 0 bridgehead atoms. The zero-order valence-electron chi connectivity index (χ0n) is 17.7. The average Bonchev–Trinajstić information content (AvgIpc) is 2.72. The van der Waals surface area contributed by atoms with E-state index in [-0.39, 0.29) is 17.5 Å². The molecule has 0 saturated heterocycles. The third-order valence-electron chi connectivity index (χ3n) is 6.19. The average molecular weight is 402 g/mol. The van der Waals surface area contributed by atoms with Crippen molar-refractivity contribution in [3.05, 3.63) is 28.8 Å². The number of hydrogen-bond donors (Lipinski definition) is 1. The molecule has 29 heavy (non-hydrogen) atoms. The number of rotatable bonds is 7. The molecule has 2 aromatic rings. The van der Waals surface area contributed by atoms with Gasteiger partial charge < -0.3 is 14.8 Å². The van der Waals surface area contributed by atoms with Crippen LogP contribution < -0.4 is 20.3 Å². The Balaban J connectivity index is 1.62. The smallest absolute Gasteiger partial charge is 0.261 e. The zero-order valence-corrected chi connectivity index (χ0v) is 17.7. The Morgan fingerprint density at radius 2 is 1.93 bits per heavy atom. The van der Waals surface area contributed by atoms with E-state index in [0.717, 1.165) is 6.42 Å². The van der Waals surface area contributed by atoms with E-state index >= 15 is 0 Å². The normalized spacial score (nSPS) is 21.7. The molecule has 3 atom stereocenters. The highest BCUT2D eigenvalue weighted by Crippen LogP contribution is 2.30. The maximum Gasteiger partial charge on any atom is 0.261 e. The van der Waals surface area contributed by atoms with Gasteiger partial charge in [0.05, 0.1) is 31.4 Å². The monoisotopic (exact) mass is 401 g/mol. The Labute approximate surface area is 171 Å². The van der Waals surface area contributed by atoms with Crippen molar-refractivity contribution >= 4 is 16.8 Å². The molecule has 7 heteroatoms. The first kappa shape index (κ1) is 21.1. The van der Waals surface area contributed by atoms with Crippen LogP contribution in [0.3, 0.4) is 0 Å². The van der Waals surface area contributed by atoms with Gasteiger partial charge in [0.2, 0.25) is 5.91 Å². The molecule has 3 unspecified atom stereocenters. The summed E-state index contributed by atoms with van der Waals surface area (Å²) in [7, 11) is 3.08. The molecule has 1 aromatic carbocycles. The van der Waals surface area contributed by atoms with E-state index in [1.807, 2.05) is 0 Å². The van der Waals surface area contributed by atoms with Gasteiger partial charge in [-0.2, -0.15) is 0 Å². The van der Waals surface area contributed by atoms with Gasteiger partial charge in [-0.25, -0.2) is 4.98 Å². The number of carbonyl (C=O) groups is 1. The maximum atomic E-state index is 12.8. The van der Waals surface area contributed by atoms with Gasteiger partial charge in [-0.3, -0.25) is 14.2 Å². The number of ether oxygens (including phenoxy) is 2. The number of hydrogen-bond acceptors (Lipinski definition) is 5. The fourth-order valence-electron chi connectivity index (χ4n) is 4.12. The summed E-state index contributed by atoms with van der Waals surface area (Å²) < 4.78 is 12.1. The van der Waals surface area contributed by atoms with Gasteiger partial charge in [0.1, 0.15) is 0 Å². The second kappa shape index (κ2) is 9.29. The van der Waals surface area contributed by atoms with Crippen LogP contribution in [0, 0.1) is 11.8 Å². The van der Waals surface area contributed by atoms with Gasteiger partial charge in [-0.05, 0) is 30.7 Å². The highest BCUT2D eigenvalue weighted by molar-refractivity contribution is 5.81. The summed E-state index contributed by atoms with van der Waals surface area (Å²) in [5.74, 6) is 2.24. The van der Waals surface area contributed by atoms with E-state index in [0.29, 0.717) is 53.6 Å². The minimum Gasteiger partial charge on any atom is -0.493 e. The zero-order chi connectivity index (χ0) is 21.0. The number of nitrogens with zero attached hydrogens (tertiary/aromatic N) is 2. The van der Waals surface area contributed by atoms with Crippen LogP contribution in [0.2, 0.25) is 0 Å². The number of fused-ring (bicyclic) bond motifs is 1. The van der Waals surface area contributed by atoms with E-state index < -0.39 is 0 Å². The van der Waals surface area contributed by atoms with Crippen LogP contribution in [-0.2, 0) is 11.3 Å². The fourth-order valence-corrected chi connectivity index (χ4v) is 4.12. The molecule has 1 amide bonds. The lowest BCUT2D eigenvalue weighted by atomic mass is 9.78. The highest BCUT2D eigenvalue weighted by Gasteiger charge is 2.27. The molecular formula is C22H31N3O4. The van der Waals surface area contributed by atoms with Crippen molar-refractivity contribution in [2.75, 3.05) is 14.2 Å². The Bertz CT molecular complexity index is 924. The van der Waals surface area contributed by atoms with Gasteiger partial charge in [-0.15, -0.1) is 0 Å². The van der Waals surface area contributed by atoms with Crippen LogP contribution in [0.15, 0.2) is 23.3 Å².